The molecule has 0 aromatic carbocycles. The zero-order valence-corrected chi connectivity index (χ0v) is 26.9. The highest BCUT2D eigenvalue weighted by molar-refractivity contribution is 5.89. The lowest BCUT2D eigenvalue weighted by atomic mass is 10.2. The summed E-state index contributed by atoms with van der Waals surface area (Å²) in [5, 5.41) is 21.6. The summed E-state index contributed by atoms with van der Waals surface area (Å²) in [7, 11) is 2.56. The number of nitrogens with zero attached hydrogens (tertiary/aromatic N) is 3. The van der Waals surface area contributed by atoms with Gasteiger partial charge in [0.05, 0.1) is 39.0 Å². The minimum Gasteiger partial charge on any atom is -0.494 e. The number of aromatic amines is 1. The molecule has 2 aromatic heterocycles. The van der Waals surface area contributed by atoms with Crippen molar-refractivity contribution in [1.82, 2.24) is 9.55 Å². The molecule has 46 heavy (non-hydrogen) atoms. The van der Waals surface area contributed by atoms with Crippen molar-refractivity contribution in [3.05, 3.63) is 79.2 Å². The summed E-state index contributed by atoms with van der Waals surface area (Å²) in [4.78, 5) is 68.4. The summed E-state index contributed by atoms with van der Waals surface area (Å²) < 4.78 is 29.6. The highest BCUT2D eigenvalue weighted by Crippen LogP contribution is 2.24. The molecule has 0 bridgehead atoms. The summed E-state index contributed by atoms with van der Waals surface area (Å²) in [6.07, 6.45) is 2.62. The lowest BCUT2D eigenvalue weighted by Gasteiger charge is -2.22. The molecule has 2 heterocycles. The first-order valence-corrected chi connectivity index (χ1v) is 13.8. The van der Waals surface area contributed by atoms with Crippen LogP contribution in [0.25, 0.3) is 0 Å². The van der Waals surface area contributed by atoms with Gasteiger partial charge in [-0.1, -0.05) is 0 Å². The van der Waals surface area contributed by atoms with Crippen molar-refractivity contribution in [2.24, 2.45) is 0 Å². The lowest BCUT2D eigenvalue weighted by molar-refractivity contribution is -0.529. The van der Waals surface area contributed by atoms with Gasteiger partial charge in [0.2, 0.25) is 6.23 Å². The van der Waals surface area contributed by atoms with E-state index in [9.17, 15) is 39.4 Å². The second-order valence-electron chi connectivity index (χ2n) is 8.54. The van der Waals surface area contributed by atoms with Gasteiger partial charge in [-0.3, -0.25) is 20.2 Å². The van der Waals surface area contributed by atoms with Crippen molar-refractivity contribution < 1.29 is 57.4 Å². The molecule has 256 valence electrons. The van der Waals surface area contributed by atoms with Gasteiger partial charge < -0.3 is 38.0 Å². The van der Waals surface area contributed by atoms with Crippen molar-refractivity contribution in [2.45, 2.75) is 53.8 Å². The standard InChI is InChI=1S/C14H20N2O7.C7H11NO5.C7H9NO2/c1-5-22-12(11(16(19)20)14(18)23-6-2)15-8-7-9(3)10(15)13(17)21-4;1-3-12-5-6(8(10)11)7(9)13-4-2;1-5-3-4-8-6(5)7(9)10-2/h7-8,11-12H,5-6H2,1-4H3;5H,3-4H2,1-2H3;3-4,8H,1-2H3/b;6-5-;. The number of ether oxygens (including phenoxy) is 6. The number of rotatable bonds is 14. The summed E-state index contributed by atoms with van der Waals surface area (Å²) in [5.74, 6) is -3.01. The van der Waals surface area contributed by atoms with E-state index in [0.717, 1.165) is 11.8 Å². The van der Waals surface area contributed by atoms with E-state index in [0.29, 0.717) is 11.3 Å². The van der Waals surface area contributed by atoms with Crippen LogP contribution in [0.1, 0.15) is 66.0 Å². The number of nitro groups is 2. The van der Waals surface area contributed by atoms with Gasteiger partial charge in [-0.15, -0.1) is 0 Å². The molecule has 0 fully saturated rings. The Labute approximate surface area is 264 Å². The fourth-order valence-corrected chi connectivity index (χ4v) is 3.46. The SMILES string of the molecule is CCO/C=C(/C(=O)OCC)[N+](=O)[O-].CCOC(=O)C(C(OCC)n1ccc(C)c1C(=O)OC)[N+](=O)[O-].COC(=O)c1[nH]ccc1C. The van der Waals surface area contributed by atoms with E-state index in [4.69, 9.17) is 14.2 Å². The number of carbonyl (C=O) groups is 4. The number of H-pyrrole nitrogens is 1. The Hall–Kier alpha value is -5.26. The third-order valence-electron chi connectivity index (χ3n) is 5.52. The number of carbonyl (C=O) groups excluding carboxylic acids is 4. The average molecular weight is 657 g/mol. The van der Waals surface area contributed by atoms with Crippen molar-refractivity contribution in [2.75, 3.05) is 40.6 Å². The number of hydrogen-bond acceptors (Lipinski definition) is 14. The first-order chi connectivity index (χ1) is 21.8. The minimum absolute atomic E-state index is 0.00339. The largest absolute Gasteiger partial charge is 0.494 e. The molecule has 2 rings (SSSR count). The molecule has 2 unspecified atom stereocenters. The Morgan fingerprint density at radius 2 is 1.50 bits per heavy atom. The molecule has 1 N–H and O–H groups in total. The molecule has 18 nitrogen and oxygen atoms in total. The third kappa shape index (κ3) is 12.4. The number of hydrogen-bond donors (Lipinski definition) is 1. The highest BCUT2D eigenvalue weighted by atomic mass is 16.6. The molecule has 0 saturated carbocycles. The van der Waals surface area contributed by atoms with Crippen LogP contribution in [0.15, 0.2) is 36.5 Å². The number of esters is 4. The number of aryl methyl sites for hydroxylation is 2. The first kappa shape index (κ1) is 40.7. The second-order valence-corrected chi connectivity index (χ2v) is 8.54. The maximum absolute atomic E-state index is 12.0. The normalized spacial score (nSPS) is 11.7. The third-order valence-corrected chi connectivity index (χ3v) is 5.52. The van der Waals surface area contributed by atoms with Gasteiger partial charge in [-0.25, -0.2) is 19.2 Å². The van der Waals surface area contributed by atoms with Gasteiger partial charge in [0, 0.05) is 23.9 Å². The second kappa shape index (κ2) is 21.4. The van der Waals surface area contributed by atoms with Gasteiger partial charge in [0.1, 0.15) is 11.4 Å². The van der Waals surface area contributed by atoms with Crippen LogP contribution in [0.5, 0.6) is 0 Å². The fraction of sp³-hybridized carbons (Fsp3) is 0.500. The molecule has 0 saturated heterocycles. The van der Waals surface area contributed by atoms with Gasteiger partial charge in [0.15, 0.2) is 6.26 Å². The molecule has 0 aliphatic carbocycles. The van der Waals surface area contributed by atoms with Crippen molar-refractivity contribution in [1.29, 1.82) is 0 Å². The van der Waals surface area contributed by atoms with E-state index in [1.807, 2.05) is 13.0 Å². The Morgan fingerprint density at radius 3 is 1.93 bits per heavy atom. The van der Waals surface area contributed by atoms with Crippen molar-refractivity contribution in [3.8, 4) is 0 Å². The Kier molecular flexibility index (Phi) is 19.0. The highest BCUT2D eigenvalue weighted by Gasteiger charge is 2.43. The summed E-state index contributed by atoms with van der Waals surface area (Å²) >= 11 is 0. The summed E-state index contributed by atoms with van der Waals surface area (Å²) in [6, 6.07) is 1.61. The van der Waals surface area contributed by atoms with Crippen molar-refractivity contribution >= 4 is 23.9 Å². The summed E-state index contributed by atoms with van der Waals surface area (Å²) in [6.45, 7) is 10.3. The molecule has 2 aromatic rings. The van der Waals surface area contributed by atoms with E-state index >= 15 is 0 Å². The molecule has 0 aliphatic heterocycles. The number of aromatic nitrogens is 2. The zero-order valence-electron chi connectivity index (χ0n) is 26.9. The number of methoxy groups -OCH3 is 2. The van der Waals surface area contributed by atoms with Gasteiger partial charge in [-0.2, -0.15) is 0 Å². The van der Waals surface area contributed by atoms with Crippen LogP contribution in [0.3, 0.4) is 0 Å². The maximum atomic E-state index is 12.0. The molecule has 0 spiro atoms. The van der Waals surface area contributed by atoms with Crippen LogP contribution in [0.4, 0.5) is 0 Å². The zero-order chi connectivity index (χ0) is 35.4. The number of nitrogens with one attached hydrogen (secondary N) is 1. The topological polar surface area (TPSA) is 231 Å². The molecule has 0 aliphatic rings. The lowest BCUT2D eigenvalue weighted by Crippen LogP contribution is -2.41. The van der Waals surface area contributed by atoms with Crippen LogP contribution in [-0.2, 0) is 38.0 Å². The molecular formula is C28H40N4O14. The summed E-state index contributed by atoms with van der Waals surface area (Å²) in [5.41, 5.74) is 1.38. The van der Waals surface area contributed by atoms with Gasteiger partial charge in [0.25, 0.3) is 0 Å². The van der Waals surface area contributed by atoms with Crippen LogP contribution in [-0.4, -0.2) is 90.0 Å². The predicted octanol–water partition coefficient (Wildman–Crippen LogP) is 3.14. The minimum atomic E-state index is -1.80. The fourth-order valence-electron chi connectivity index (χ4n) is 3.46. The molecule has 2 atom stereocenters. The first-order valence-electron chi connectivity index (χ1n) is 13.8. The Morgan fingerprint density at radius 1 is 0.891 bits per heavy atom. The van der Waals surface area contributed by atoms with E-state index in [1.54, 1.807) is 46.9 Å². The van der Waals surface area contributed by atoms with E-state index in [1.165, 1.54) is 25.0 Å². The van der Waals surface area contributed by atoms with E-state index < -0.39 is 45.7 Å². The average Bonchev–Trinajstić information content (AvgIpc) is 3.62. The molecule has 0 amide bonds. The molecule has 0 radical (unpaired) electrons. The van der Waals surface area contributed by atoms with Crippen molar-refractivity contribution in [3.63, 3.8) is 0 Å². The van der Waals surface area contributed by atoms with Gasteiger partial charge >= 0.3 is 35.6 Å². The molecular weight excluding hydrogens is 616 g/mol. The van der Waals surface area contributed by atoms with Crippen LogP contribution in [0, 0.1) is 34.1 Å². The van der Waals surface area contributed by atoms with Crippen LogP contribution in [0.2, 0.25) is 0 Å². The van der Waals surface area contributed by atoms with Crippen LogP contribution < -0.4 is 0 Å². The van der Waals surface area contributed by atoms with Gasteiger partial charge in [-0.05, 0) is 64.8 Å². The quantitative estimate of drug-likeness (QED) is 0.0769. The Bertz CT molecular complexity index is 1350. The smallest absolute Gasteiger partial charge is 0.413 e. The maximum Gasteiger partial charge on any atom is 0.413 e. The van der Waals surface area contributed by atoms with E-state index in [2.05, 4.69) is 19.2 Å². The monoisotopic (exact) mass is 656 g/mol. The van der Waals surface area contributed by atoms with E-state index in [-0.39, 0.29) is 38.1 Å². The predicted molar refractivity (Wildman–Crippen MR) is 159 cm³/mol. The van der Waals surface area contributed by atoms with Crippen LogP contribution >= 0.6 is 0 Å². The molecule has 18 heteroatoms. The Balaban J connectivity index is 0.000000739.